The highest BCUT2D eigenvalue weighted by molar-refractivity contribution is 7.92. The summed E-state index contributed by atoms with van der Waals surface area (Å²) in [4.78, 5) is 14.3. The van der Waals surface area contributed by atoms with Crippen LogP contribution in [0.4, 0.5) is 0 Å². The molecule has 0 aromatic heterocycles. The highest BCUT2D eigenvalue weighted by Gasteiger charge is 2.34. The van der Waals surface area contributed by atoms with Gasteiger partial charge < -0.3 is 10.2 Å². The van der Waals surface area contributed by atoms with Gasteiger partial charge in [0.15, 0.2) is 9.84 Å². The van der Waals surface area contributed by atoms with Gasteiger partial charge in [0, 0.05) is 31.9 Å². The third kappa shape index (κ3) is 4.28. The zero-order chi connectivity index (χ0) is 15.5. The standard InChI is InChI=1S/C15H22N2O3S/c1-12-11-17(9-8-16-12)15(18)14(21(2,19)20)10-13-6-4-3-5-7-13/h3-7,12,14,16H,8-11H2,1-2H3/t12-,14+/m1/s1. The SMILES string of the molecule is C[C@@H]1CN(C(=O)[C@H](Cc2ccccc2)S(C)(=O)=O)CCN1. The van der Waals surface area contributed by atoms with E-state index in [1.807, 2.05) is 37.3 Å². The quantitative estimate of drug-likeness (QED) is 0.877. The van der Waals surface area contributed by atoms with Gasteiger partial charge in [-0.3, -0.25) is 4.79 Å². The molecule has 1 amide bonds. The van der Waals surface area contributed by atoms with Crippen molar-refractivity contribution in [1.82, 2.24) is 10.2 Å². The number of nitrogens with one attached hydrogen (secondary N) is 1. The van der Waals surface area contributed by atoms with Crippen LogP contribution in [0.25, 0.3) is 0 Å². The molecule has 0 radical (unpaired) electrons. The minimum atomic E-state index is -3.44. The van der Waals surface area contributed by atoms with Gasteiger partial charge in [-0.05, 0) is 18.9 Å². The first-order chi connectivity index (χ1) is 9.88. The van der Waals surface area contributed by atoms with Crippen LogP contribution in [0.15, 0.2) is 30.3 Å². The van der Waals surface area contributed by atoms with Crippen LogP contribution in [0.1, 0.15) is 12.5 Å². The lowest BCUT2D eigenvalue weighted by molar-refractivity contribution is -0.131. The van der Waals surface area contributed by atoms with Crippen molar-refractivity contribution in [2.45, 2.75) is 24.6 Å². The maximum Gasteiger partial charge on any atom is 0.241 e. The summed E-state index contributed by atoms with van der Waals surface area (Å²) in [5, 5.41) is 2.26. The van der Waals surface area contributed by atoms with E-state index in [9.17, 15) is 13.2 Å². The van der Waals surface area contributed by atoms with Gasteiger partial charge in [-0.1, -0.05) is 30.3 Å². The number of hydrogen-bond acceptors (Lipinski definition) is 4. The number of rotatable bonds is 4. The summed E-state index contributed by atoms with van der Waals surface area (Å²) in [6, 6.07) is 9.48. The van der Waals surface area contributed by atoms with Crippen molar-refractivity contribution in [3.8, 4) is 0 Å². The van der Waals surface area contributed by atoms with Crippen LogP contribution in [0.5, 0.6) is 0 Å². The molecule has 1 saturated heterocycles. The second-order valence-corrected chi connectivity index (χ2v) is 7.88. The Morgan fingerprint density at radius 2 is 2.05 bits per heavy atom. The molecule has 0 spiro atoms. The number of sulfone groups is 1. The van der Waals surface area contributed by atoms with Crippen LogP contribution in [0, 0.1) is 0 Å². The maximum atomic E-state index is 12.6. The van der Waals surface area contributed by atoms with E-state index in [2.05, 4.69) is 5.32 Å². The minimum Gasteiger partial charge on any atom is -0.339 e. The van der Waals surface area contributed by atoms with Gasteiger partial charge in [-0.25, -0.2) is 8.42 Å². The molecule has 116 valence electrons. The van der Waals surface area contributed by atoms with Gasteiger partial charge in [-0.2, -0.15) is 0 Å². The highest BCUT2D eigenvalue weighted by atomic mass is 32.2. The largest absolute Gasteiger partial charge is 0.339 e. The van der Waals surface area contributed by atoms with Gasteiger partial charge in [0.25, 0.3) is 0 Å². The first-order valence-electron chi connectivity index (χ1n) is 7.13. The van der Waals surface area contributed by atoms with Gasteiger partial charge in [0.2, 0.25) is 5.91 Å². The lowest BCUT2D eigenvalue weighted by atomic mass is 10.1. The second-order valence-electron chi connectivity index (χ2n) is 5.65. The van der Waals surface area contributed by atoms with E-state index in [4.69, 9.17) is 0 Å². The summed E-state index contributed by atoms with van der Waals surface area (Å²) < 4.78 is 24.1. The van der Waals surface area contributed by atoms with Crippen LogP contribution >= 0.6 is 0 Å². The number of nitrogens with zero attached hydrogens (tertiary/aromatic N) is 1. The first kappa shape index (κ1) is 16.0. The molecule has 1 fully saturated rings. The van der Waals surface area contributed by atoms with Crippen molar-refractivity contribution in [2.24, 2.45) is 0 Å². The number of piperazine rings is 1. The third-order valence-electron chi connectivity index (χ3n) is 3.74. The summed E-state index contributed by atoms with van der Waals surface area (Å²) in [6.45, 7) is 3.81. The molecule has 0 bridgehead atoms. The molecule has 1 aliphatic rings. The molecule has 1 aromatic rings. The first-order valence-corrected chi connectivity index (χ1v) is 9.08. The fourth-order valence-corrected chi connectivity index (χ4v) is 3.60. The van der Waals surface area contributed by atoms with E-state index in [1.165, 1.54) is 0 Å². The van der Waals surface area contributed by atoms with E-state index in [-0.39, 0.29) is 18.4 Å². The van der Waals surface area contributed by atoms with Crippen LogP contribution in [0.2, 0.25) is 0 Å². The van der Waals surface area contributed by atoms with Crippen molar-refractivity contribution >= 4 is 15.7 Å². The van der Waals surface area contributed by atoms with Gasteiger partial charge in [0.05, 0.1) is 0 Å². The Hall–Kier alpha value is -1.40. The minimum absolute atomic E-state index is 0.194. The van der Waals surface area contributed by atoms with E-state index in [0.717, 1.165) is 11.8 Å². The van der Waals surface area contributed by atoms with E-state index < -0.39 is 15.1 Å². The van der Waals surface area contributed by atoms with E-state index in [1.54, 1.807) is 4.90 Å². The molecule has 1 aliphatic heterocycles. The summed E-state index contributed by atoms with van der Waals surface area (Å²) in [6.07, 6.45) is 1.38. The third-order valence-corrected chi connectivity index (χ3v) is 5.14. The van der Waals surface area contributed by atoms with Gasteiger partial charge in [-0.15, -0.1) is 0 Å². The van der Waals surface area contributed by atoms with Crippen molar-refractivity contribution in [3.05, 3.63) is 35.9 Å². The predicted octanol–water partition coefficient (Wildman–Crippen LogP) is 0.463. The zero-order valence-corrected chi connectivity index (χ0v) is 13.3. The Balaban J connectivity index is 2.18. The number of carbonyl (C=O) groups is 1. The number of carbonyl (C=O) groups excluding carboxylic acids is 1. The Labute approximate surface area is 126 Å². The summed E-state index contributed by atoms with van der Waals surface area (Å²) in [5.41, 5.74) is 0.865. The molecule has 1 heterocycles. The average Bonchev–Trinajstić information content (AvgIpc) is 2.44. The number of hydrogen-bond donors (Lipinski definition) is 1. The molecule has 5 nitrogen and oxygen atoms in total. The molecular weight excluding hydrogens is 288 g/mol. The van der Waals surface area contributed by atoms with Gasteiger partial charge >= 0.3 is 0 Å². The molecule has 0 unspecified atom stereocenters. The number of benzene rings is 1. The van der Waals surface area contributed by atoms with Crippen molar-refractivity contribution in [3.63, 3.8) is 0 Å². The van der Waals surface area contributed by atoms with Gasteiger partial charge in [0.1, 0.15) is 5.25 Å². The predicted molar refractivity (Wildman–Crippen MR) is 82.8 cm³/mol. The van der Waals surface area contributed by atoms with Crippen LogP contribution in [-0.2, 0) is 21.1 Å². The Morgan fingerprint density at radius 3 is 2.62 bits per heavy atom. The molecule has 2 rings (SSSR count). The average molecular weight is 310 g/mol. The second kappa shape index (κ2) is 6.58. The van der Waals surface area contributed by atoms with Crippen LogP contribution in [0.3, 0.4) is 0 Å². The fraction of sp³-hybridized carbons (Fsp3) is 0.533. The molecule has 21 heavy (non-hydrogen) atoms. The summed E-state index contributed by atoms with van der Waals surface area (Å²) >= 11 is 0. The zero-order valence-electron chi connectivity index (χ0n) is 12.5. The maximum absolute atomic E-state index is 12.6. The normalized spacial score (nSPS) is 21.0. The Kier molecular flexibility index (Phi) is 5.00. The molecule has 1 N–H and O–H groups in total. The number of amides is 1. The molecule has 1 aromatic carbocycles. The molecule has 2 atom stereocenters. The van der Waals surface area contributed by atoms with Crippen molar-refractivity contribution in [1.29, 1.82) is 0 Å². The topological polar surface area (TPSA) is 66.5 Å². The summed E-state index contributed by atoms with van der Waals surface area (Å²) in [7, 11) is -3.44. The van der Waals surface area contributed by atoms with E-state index >= 15 is 0 Å². The lowest BCUT2D eigenvalue weighted by Crippen LogP contribution is -2.55. The van der Waals surface area contributed by atoms with Crippen molar-refractivity contribution < 1.29 is 13.2 Å². The van der Waals surface area contributed by atoms with Crippen LogP contribution < -0.4 is 5.32 Å². The fourth-order valence-electron chi connectivity index (χ4n) is 2.59. The highest BCUT2D eigenvalue weighted by Crippen LogP contribution is 2.14. The lowest BCUT2D eigenvalue weighted by Gasteiger charge is -2.34. The molecule has 0 aliphatic carbocycles. The monoisotopic (exact) mass is 310 g/mol. The summed E-state index contributed by atoms with van der Waals surface area (Å²) in [5.74, 6) is -0.283. The smallest absolute Gasteiger partial charge is 0.241 e. The molecular formula is C15H22N2O3S. The molecule has 0 saturated carbocycles. The van der Waals surface area contributed by atoms with Crippen molar-refractivity contribution in [2.75, 3.05) is 25.9 Å². The van der Waals surface area contributed by atoms with E-state index in [0.29, 0.717) is 19.6 Å². The Bertz CT molecular complexity index is 586. The Morgan fingerprint density at radius 1 is 1.38 bits per heavy atom. The van der Waals surface area contributed by atoms with Crippen LogP contribution in [-0.4, -0.2) is 56.4 Å². The molecule has 6 heteroatoms.